The summed E-state index contributed by atoms with van der Waals surface area (Å²) in [6, 6.07) is 8.30. The van der Waals surface area contributed by atoms with Gasteiger partial charge in [-0.2, -0.15) is 0 Å². The van der Waals surface area contributed by atoms with Crippen molar-refractivity contribution in [3.63, 3.8) is 0 Å². The molecule has 32 heavy (non-hydrogen) atoms. The van der Waals surface area contributed by atoms with Gasteiger partial charge in [0, 0.05) is 37.8 Å². The Morgan fingerprint density at radius 2 is 1.66 bits per heavy atom. The van der Waals surface area contributed by atoms with Crippen molar-refractivity contribution in [2.45, 2.75) is 65.3 Å². The normalized spacial score (nSPS) is 20.7. The number of pyridine rings is 1. The zero-order chi connectivity index (χ0) is 23.3. The molecule has 7 nitrogen and oxygen atoms in total. The van der Waals surface area contributed by atoms with Crippen LogP contribution in [0, 0.1) is 0 Å². The number of ether oxygens (including phenoxy) is 1. The molecular weight excluding hydrogens is 405 g/mol. The van der Waals surface area contributed by atoms with Crippen LogP contribution in [-0.2, 0) is 14.0 Å². The Kier molecular flexibility index (Phi) is 5.66. The Hall–Kier alpha value is -2.32. The zero-order valence-corrected chi connectivity index (χ0v) is 20.3. The number of amides is 1. The van der Waals surface area contributed by atoms with Crippen LogP contribution in [0.2, 0.25) is 0 Å². The van der Waals surface area contributed by atoms with Crippen LogP contribution in [-0.4, -0.2) is 66.1 Å². The van der Waals surface area contributed by atoms with Gasteiger partial charge in [0.15, 0.2) is 0 Å². The Bertz CT molecular complexity index is 994. The molecule has 0 saturated carbocycles. The largest absolute Gasteiger partial charge is 0.494 e. The summed E-state index contributed by atoms with van der Waals surface area (Å²) in [5, 5.41) is 2.18. The van der Waals surface area contributed by atoms with Crippen molar-refractivity contribution >= 4 is 35.3 Å². The molecule has 8 heteroatoms. The minimum absolute atomic E-state index is 0.258. The second-order valence-electron chi connectivity index (χ2n) is 10.7. The molecule has 2 aliphatic heterocycles. The van der Waals surface area contributed by atoms with Crippen LogP contribution < -0.4 is 10.4 Å². The quantitative estimate of drug-likeness (QED) is 0.667. The van der Waals surface area contributed by atoms with Gasteiger partial charge in [0.2, 0.25) is 0 Å². The van der Waals surface area contributed by atoms with Gasteiger partial charge >= 0.3 is 13.2 Å². The molecule has 172 valence electrons. The van der Waals surface area contributed by atoms with Gasteiger partial charge in [-0.3, -0.25) is 0 Å². The number of piperazine rings is 1. The first kappa shape index (κ1) is 22.9. The third kappa shape index (κ3) is 4.43. The lowest BCUT2D eigenvalue weighted by Crippen LogP contribution is -2.50. The lowest BCUT2D eigenvalue weighted by atomic mass is 9.78. The number of hydrogen-bond acceptors (Lipinski definition) is 6. The fraction of sp³-hybridized carbons (Fsp3) is 0.583. The van der Waals surface area contributed by atoms with Gasteiger partial charge in [-0.1, -0.05) is 18.2 Å². The van der Waals surface area contributed by atoms with Gasteiger partial charge < -0.3 is 23.8 Å². The van der Waals surface area contributed by atoms with Gasteiger partial charge in [-0.25, -0.2) is 9.78 Å². The smallest absolute Gasteiger partial charge is 0.444 e. The minimum atomic E-state index is -0.491. The number of nitrogens with zero attached hydrogens (tertiary/aromatic N) is 3. The summed E-state index contributed by atoms with van der Waals surface area (Å²) in [6.07, 6.45) is 1.58. The summed E-state index contributed by atoms with van der Waals surface area (Å²) in [6.45, 7) is 16.5. The first-order valence-corrected chi connectivity index (χ1v) is 11.3. The van der Waals surface area contributed by atoms with Gasteiger partial charge in [0.25, 0.3) is 0 Å². The molecule has 2 aromatic rings. The number of aromatic nitrogens is 1. The maximum absolute atomic E-state index is 12.4. The fourth-order valence-electron chi connectivity index (χ4n) is 3.98. The molecule has 2 fully saturated rings. The van der Waals surface area contributed by atoms with Crippen molar-refractivity contribution in [1.82, 2.24) is 9.88 Å². The van der Waals surface area contributed by atoms with E-state index >= 15 is 0 Å². The van der Waals surface area contributed by atoms with Crippen molar-refractivity contribution in [2.75, 3.05) is 31.1 Å². The molecule has 0 unspecified atom stereocenters. The topological polar surface area (TPSA) is 64.1 Å². The molecule has 0 atom stereocenters. The molecule has 0 aliphatic carbocycles. The molecular formula is C24H34BN3O4. The monoisotopic (exact) mass is 439 g/mol. The average molecular weight is 439 g/mol. The highest BCUT2D eigenvalue weighted by atomic mass is 16.7. The zero-order valence-electron chi connectivity index (χ0n) is 20.3. The number of carbonyl (C=O) groups is 1. The third-order valence-corrected chi connectivity index (χ3v) is 6.53. The van der Waals surface area contributed by atoms with Gasteiger partial charge in [0.05, 0.1) is 11.2 Å². The molecule has 0 N–H and O–H groups in total. The second kappa shape index (κ2) is 7.92. The molecule has 1 aromatic heterocycles. The number of anilines is 1. The van der Waals surface area contributed by atoms with Crippen molar-refractivity contribution in [1.29, 1.82) is 0 Å². The first-order chi connectivity index (χ1) is 14.9. The molecule has 3 heterocycles. The molecule has 0 radical (unpaired) electrons. The SMILES string of the molecule is CC(C)(C)OC(=O)N1CCN(c2nccc3ccc(B4OC(C)(C)C(C)(C)O4)cc23)CC1. The summed E-state index contributed by atoms with van der Waals surface area (Å²) >= 11 is 0. The fourth-order valence-corrected chi connectivity index (χ4v) is 3.98. The van der Waals surface area contributed by atoms with Gasteiger partial charge in [-0.15, -0.1) is 0 Å². The van der Waals surface area contributed by atoms with E-state index in [4.69, 9.17) is 19.0 Å². The third-order valence-electron chi connectivity index (χ3n) is 6.53. The Labute approximate surface area is 191 Å². The van der Waals surface area contributed by atoms with Crippen LogP contribution in [0.1, 0.15) is 48.5 Å². The van der Waals surface area contributed by atoms with Crippen LogP contribution in [0.25, 0.3) is 10.8 Å². The van der Waals surface area contributed by atoms with E-state index in [2.05, 4.69) is 50.8 Å². The Morgan fingerprint density at radius 3 is 2.25 bits per heavy atom. The van der Waals surface area contributed by atoms with E-state index < -0.39 is 12.7 Å². The van der Waals surface area contributed by atoms with Crippen molar-refractivity contribution in [3.05, 3.63) is 30.5 Å². The molecule has 0 spiro atoms. The van der Waals surface area contributed by atoms with Crippen molar-refractivity contribution in [2.24, 2.45) is 0 Å². The highest BCUT2D eigenvalue weighted by Gasteiger charge is 2.51. The summed E-state index contributed by atoms with van der Waals surface area (Å²) in [5.74, 6) is 0.921. The maximum atomic E-state index is 12.4. The van der Waals surface area contributed by atoms with E-state index in [1.54, 1.807) is 4.90 Å². The van der Waals surface area contributed by atoms with E-state index in [1.165, 1.54) is 0 Å². The molecule has 0 bridgehead atoms. The van der Waals surface area contributed by atoms with E-state index in [1.807, 2.05) is 33.0 Å². The lowest BCUT2D eigenvalue weighted by Gasteiger charge is -2.36. The maximum Gasteiger partial charge on any atom is 0.494 e. The molecule has 2 saturated heterocycles. The van der Waals surface area contributed by atoms with Crippen molar-refractivity contribution < 1.29 is 18.8 Å². The van der Waals surface area contributed by atoms with Crippen LogP contribution >= 0.6 is 0 Å². The van der Waals surface area contributed by atoms with Gasteiger partial charge in [-0.05, 0) is 65.4 Å². The summed E-state index contributed by atoms with van der Waals surface area (Å²) < 4.78 is 18.0. The average Bonchev–Trinajstić information content (AvgIpc) is 2.93. The number of rotatable bonds is 2. The van der Waals surface area contributed by atoms with E-state index in [0.717, 1.165) is 22.1 Å². The van der Waals surface area contributed by atoms with E-state index in [-0.39, 0.29) is 17.3 Å². The van der Waals surface area contributed by atoms with Crippen LogP contribution in [0.3, 0.4) is 0 Å². The highest BCUT2D eigenvalue weighted by molar-refractivity contribution is 6.62. The van der Waals surface area contributed by atoms with Crippen LogP contribution in [0.5, 0.6) is 0 Å². The lowest BCUT2D eigenvalue weighted by molar-refractivity contribution is 0.00578. The van der Waals surface area contributed by atoms with E-state index in [9.17, 15) is 4.79 Å². The number of benzene rings is 1. The Morgan fingerprint density at radius 1 is 1.03 bits per heavy atom. The standard InChI is InChI=1S/C24H34BN3O4/c1-22(2,3)30-21(29)28-14-12-27(13-15-28)20-19-16-18(9-8-17(19)10-11-26-20)25-31-23(4,5)24(6,7)32-25/h8-11,16H,12-15H2,1-7H3. The second-order valence-corrected chi connectivity index (χ2v) is 10.7. The predicted molar refractivity (Wildman–Crippen MR) is 127 cm³/mol. The van der Waals surface area contributed by atoms with Crippen LogP contribution in [0.15, 0.2) is 30.5 Å². The number of fused-ring (bicyclic) bond motifs is 1. The number of hydrogen-bond donors (Lipinski definition) is 0. The van der Waals surface area contributed by atoms with Crippen LogP contribution in [0.4, 0.5) is 10.6 Å². The summed E-state index contributed by atoms with van der Waals surface area (Å²) in [4.78, 5) is 21.1. The molecule has 4 rings (SSSR count). The summed E-state index contributed by atoms with van der Waals surface area (Å²) in [5.41, 5.74) is -0.280. The summed E-state index contributed by atoms with van der Waals surface area (Å²) in [7, 11) is -0.415. The molecule has 2 aliphatic rings. The first-order valence-electron chi connectivity index (χ1n) is 11.3. The van der Waals surface area contributed by atoms with Gasteiger partial charge in [0.1, 0.15) is 11.4 Å². The molecule has 1 aromatic carbocycles. The number of carbonyl (C=O) groups excluding carboxylic acids is 1. The highest BCUT2D eigenvalue weighted by Crippen LogP contribution is 2.37. The van der Waals surface area contributed by atoms with E-state index in [0.29, 0.717) is 26.2 Å². The molecule has 1 amide bonds. The predicted octanol–water partition coefficient (Wildman–Crippen LogP) is 3.59. The minimum Gasteiger partial charge on any atom is -0.444 e. The van der Waals surface area contributed by atoms with Crippen molar-refractivity contribution in [3.8, 4) is 0 Å². The Balaban J connectivity index is 1.54.